The zero-order valence-corrected chi connectivity index (χ0v) is 19.8. The molecule has 1 atom stereocenters. The van der Waals surface area contributed by atoms with Crippen LogP contribution in [0.25, 0.3) is 0 Å². The van der Waals surface area contributed by atoms with E-state index in [1.165, 1.54) is 56.7 Å². The molecular weight excluding hydrogens is 384 g/mol. The maximum Gasteiger partial charge on any atom is 0.226 e. The van der Waals surface area contributed by atoms with Gasteiger partial charge in [0.1, 0.15) is 32.2 Å². The second-order valence-corrected chi connectivity index (χ2v) is 11.6. The highest BCUT2D eigenvalue weighted by Crippen LogP contribution is 2.60. The molecule has 0 unspecified atom stereocenters. The number of anilines is 1. The van der Waals surface area contributed by atoms with Crippen LogP contribution in [0.4, 0.5) is 5.69 Å². The van der Waals surface area contributed by atoms with Crippen LogP contribution in [-0.4, -0.2) is 59.8 Å². The number of piperazine rings is 1. The number of likely N-dealkylation sites (N-methyl/N-ethyl adjacent to an activating group) is 1. The summed E-state index contributed by atoms with van der Waals surface area (Å²) in [6, 6.07) is 9.38. The molecular formula is C26H42N4O+2. The summed E-state index contributed by atoms with van der Waals surface area (Å²) in [7, 11) is 6.48. The normalized spacial score (nSPS) is 37.5. The van der Waals surface area contributed by atoms with E-state index >= 15 is 0 Å². The lowest BCUT2D eigenvalue weighted by atomic mass is 9.49. The first-order valence-electron chi connectivity index (χ1n) is 12.6. The maximum absolute atomic E-state index is 13.6. The molecule has 0 spiro atoms. The first-order valence-corrected chi connectivity index (χ1v) is 12.6. The first-order chi connectivity index (χ1) is 14.9. The molecule has 5 aliphatic rings. The Hall–Kier alpha value is -1.59. The Kier molecular flexibility index (Phi) is 5.76. The Balaban J connectivity index is 1.30. The van der Waals surface area contributed by atoms with Gasteiger partial charge in [0.05, 0.1) is 13.6 Å². The van der Waals surface area contributed by atoms with E-state index < -0.39 is 0 Å². The minimum atomic E-state index is -0.0460. The minimum Gasteiger partial charge on any atom is -0.378 e. The standard InChI is InChI=1S/C26H40N4O/c1-28(2)23-6-4-22(5-7-23)24(30-10-8-29(3)9-11-30)18-27-25(31)26-15-19-12-20(16-26)14-21(13-19)17-26/h4-7,19-21,24H,8-18H2,1-3H3,(H,27,31)/p+2/t19?,20?,21?,24-,26?/m1/s1. The lowest BCUT2D eigenvalue weighted by molar-refractivity contribution is -1.02. The Morgan fingerprint density at radius 2 is 1.55 bits per heavy atom. The molecule has 3 N–H and O–H groups in total. The molecule has 1 aromatic carbocycles. The Labute approximate surface area is 188 Å². The quantitative estimate of drug-likeness (QED) is 0.622. The largest absolute Gasteiger partial charge is 0.378 e. The van der Waals surface area contributed by atoms with E-state index in [1.807, 2.05) is 0 Å². The summed E-state index contributed by atoms with van der Waals surface area (Å²) < 4.78 is 0. The predicted octanol–water partition coefficient (Wildman–Crippen LogP) is 0.540. The van der Waals surface area contributed by atoms with Gasteiger partial charge in [-0.15, -0.1) is 0 Å². The van der Waals surface area contributed by atoms with Gasteiger partial charge in [-0.1, -0.05) is 12.1 Å². The van der Waals surface area contributed by atoms with Crippen molar-refractivity contribution < 1.29 is 14.6 Å². The summed E-state index contributed by atoms with van der Waals surface area (Å²) >= 11 is 0. The Bertz CT molecular complexity index is 746. The van der Waals surface area contributed by atoms with Crippen molar-refractivity contribution in [3.63, 3.8) is 0 Å². The van der Waals surface area contributed by atoms with Crippen LogP contribution in [0, 0.1) is 23.2 Å². The Morgan fingerprint density at radius 3 is 2.06 bits per heavy atom. The van der Waals surface area contributed by atoms with Crippen LogP contribution in [0.3, 0.4) is 0 Å². The summed E-state index contributed by atoms with van der Waals surface area (Å²) in [5.74, 6) is 2.83. The third kappa shape index (κ3) is 4.23. The molecule has 5 fully saturated rings. The van der Waals surface area contributed by atoms with Crippen LogP contribution < -0.4 is 20.0 Å². The van der Waals surface area contributed by atoms with Gasteiger partial charge in [-0.2, -0.15) is 0 Å². The lowest BCUT2D eigenvalue weighted by Crippen LogP contribution is -3.27. The molecule has 4 saturated carbocycles. The third-order valence-corrected chi connectivity index (χ3v) is 9.04. The van der Waals surface area contributed by atoms with Crippen LogP contribution in [0.5, 0.6) is 0 Å². The number of nitrogens with zero attached hydrogens (tertiary/aromatic N) is 1. The third-order valence-electron chi connectivity index (χ3n) is 9.04. The van der Waals surface area contributed by atoms with Gasteiger partial charge in [0, 0.05) is 30.8 Å². The van der Waals surface area contributed by atoms with Gasteiger partial charge in [0.2, 0.25) is 5.91 Å². The fraction of sp³-hybridized carbons (Fsp3) is 0.731. The molecule has 0 aromatic heterocycles. The van der Waals surface area contributed by atoms with Gasteiger partial charge in [0.25, 0.3) is 0 Å². The number of carbonyl (C=O) groups is 1. The van der Waals surface area contributed by atoms with Crippen LogP contribution in [0.1, 0.15) is 50.1 Å². The lowest BCUT2D eigenvalue weighted by Gasteiger charge is -2.55. The molecule has 1 amide bonds. The van der Waals surface area contributed by atoms with Crippen molar-refractivity contribution in [3.8, 4) is 0 Å². The maximum atomic E-state index is 13.6. The number of nitrogens with one attached hydrogen (secondary N) is 3. The van der Waals surface area contributed by atoms with E-state index in [0.29, 0.717) is 11.9 Å². The highest BCUT2D eigenvalue weighted by Gasteiger charge is 2.54. The van der Waals surface area contributed by atoms with Crippen LogP contribution in [-0.2, 0) is 4.79 Å². The number of rotatable bonds is 6. The van der Waals surface area contributed by atoms with Crippen molar-refractivity contribution in [3.05, 3.63) is 29.8 Å². The van der Waals surface area contributed by atoms with Crippen molar-refractivity contribution in [1.82, 2.24) is 5.32 Å². The zero-order chi connectivity index (χ0) is 21.6. The predicted molar refractivity (Wildman–Crippen MR) is 124 cm³/mol. The molecule has 1 aliphatic heterocycles. The van der Waals surface area contributed by atoms with Crippen molar-refractivity contribution in [2.75, 3.05) is 58.8 Å². The van der Waals surface area contributed by atoms with E-state index in [9.17, 15) is 4.79 Å². The van der Waals surface area contributed by atoms with Gasteiger partial charge in [-0.25, -0.2) is 0 Å². The van der Waals surface area contributed by atoms with E-state index in [1.54, 1.807) is 9.80 Å². The zero-order valence-electron chi connectivity index (χ0n) is 19.8. The van der Waals surface area contributed by atoms with Gasteiger partial charge >= 0.3 is 0 Å². The van der Waals surface area contributed by atoms with Crippen molar-refractivity contribution in [2.45, 2.75) is 44.6 Å². The molecule has 4 aliphatic carbocycles. The smallest absolute Gasteiger partial charge is 0.226 e. The second kappa shape index (κ2) is 8.40. The summed E-state index contributed by atoms with van der Waals surface area (Å²) in [4.78, 5) is 19.0. The number of hydrogen-bond donors (Lipinski definition) is 3. The molecule has 5 nitrogen and oxygen atoms in total. The topological polar surface area (TPSA) is 41.2 Å². The average molecular weight is 427 g/mol. The SMILES string of the molecule is CN(C)c1ccc([C@@H](CNC(=O)C23CC4CC(CC(C4)C2)C3)[NH+]2CC[NH+](C)CC2)cc1. The van der Waals surface area contributed by atoms with Crippen molar-refractivity contribution in [1.29, 1.82) is 0 Å². The van der Waals surface area contributed by atoms with Gasteiger partial charge < -0.3 is 20.0 Å². The molecule has 1 aromatic rings. The van der Waals surface area contributed by atoms with Crippen LogP contribution >= 0.6 is 0 Å². The number of hydrogen-bond acceptors (Lipinski definition) is 2. The summed E-state index contributed by atoms with van der Waals surface area (Å²) in [6.45, 7) is 5.56. The molecule has 4 bridgehead atoms. The molecule has 1 saturated heterocycles. The average Bonchev–Trinajstić information content (AvgIpc) is 2.74. The summed E-state index contributed by atoms with van der Waals surface area (Å²) in [5, 5.41) is 3.51. The number of quaternary nitrogens is 2. The first kappa shape index (κ1) is 21.3. The fourth-order valence-electron chi connectivity index (χ4n) is 7.62. The Morgan fingerprint density at radius 1 is 1.00 bits per heavy atom. The minimum absolute atomic E-state index is 0.0460. The van der Waals surface area contributed by atoms with E-state index in [-0.39, 0.29) is 5.41 Å². The fourth-order valence-corrected chi connectivity index (χ4v) is 7.62. The van der Waals surface area contributed by atoms with Crippen LogP contribution in [0.15, 0.2) is 24.3 Å². The van der Waals surface area contributed by atoms with Gasteiger partial charge in [0.15, 0.2) is 0 Å². The number of benzene rings is 1. The summed E-state index contributed by atoms with van der Waals surface area (Å²) in [5.41, 5.74) is 2.55. The highest BCUT2D eigenvalue weighted by molar-refractivity contribution is 5.83. The van der Waals surface area contributed by atoms with Gasteiger partial charge in [-0.3, -0.25) is 4.79 Å². The van der Waals surface area contributed by atoms with E-state index in [4.69, 9.17) is 0 Å². The van der Waals surface area contributed by atoms with E-state index in [2.05, 4.69) is 55.6 Å². The monoisotopic (exact) mass is 426 g/mol. The number of amides is 1. The van der Waals surface area contributed by atoms with Crippen molar-refractivity contribution in [2.24, 2.45) is 23.2 Å². The van der Waals surface area contributed by atoms with Crippen molar-refractivity contribution >= 4 is 11.6 Å². The molecule has 0 radical (unpaired) electrons. The summed E-state index contributed by atoms with van der Waals surface area (Å²) in [6.07, 6.45) is 7.62. The highest BCUT2D eigenvalue weighted by atomic mass is 16.2. The molecule has 1 heterocycles. The molecule has 170 valence electrons. The molecule has 31 heavy (non-hydrogen) atoms. The second-order valence-electron chi connectivity index (χ2n) is 11.6. The van der Waals surface area contributed by atoms with Gasteiger partial charge in [-0.05, 0) is 68.4 Å². The van der Waals surface area contributed by atoms with E-state index in [0.717, 1.165) is 43.6 Å². The molecule has 5 heteroatoms. The molecule has 6 rings (SSSR count). The van der Waals surface area contributed by atoms with Crippen LogP contribution in [0.2, 0.25) is 0 Å². The number of carbonyl (C=O) groups excluding carboxylic acids is 1.